The van der Waals surface area contributed by atoms with Crippen molar-refractivity contribution in [1.29, 1.82) is 0 Å². The van der Waals surface area contributed by atoms with Crippen molar-refractivity contribution in [2.24, 2.45) is 28.6 Å². The molecule has 222 valence electrons. The van der Waals surface area contributed by atoms with Crippen LogP contribution in [-0.4, -0.2) is 77.3 Å². The van der Waals surface area contributed by atoms with Gasteiger partial charge in [0.15, 0.2) is 12.1 Å². The molecule has 11 atom stereocenters. The van der Waals surface area contributed by atoms with E-state index in [2.05, 4.69) is 6.92 Å². The Morgan fingerprint density at radius 3 is 2.50 bits per heavy atom. The van der Waals surface area contributed by atoms with Gasteiger partial charge in [0.1, 0.15) is 19.0 Å². The molecular formula is C31H44O9. The Morgan fingerprint density at radius 1 is 0.975 bits per heavy atom. The molecule has 7 rings (SSSR count). The van der Waals surface area contributed by atoms with Gasteiger partial charge in [-0.25, -0.2) is 4.79 Å². The molecule has 0 aromatic heterocycles. The fraction of sp³-hybridized carbons (Fsp3) is 0.871. The fourth-order valence-corrected chi connectivity index (χ4v) is 10.5. The van der Waals surface area contributed by atoms with Crippen LogP contribution < -0.4 is 0 Å². The van der Waals surface area contributed by atoms with Crippen LogP contribution in [0.3, 0.4) is 0 Å². The molecule has 0 bridgehead atoms. The Balaban J connectivity index is 1.08. The molecule has 4 saturated carbocycles. The summed E-state index contributed by atoms with van der Waals surface area (Å²) in [5, 5.41) is 24.6. The van der Waals surface area contributed by atoms with Gasteiger partial charge in [0.25, 0.3) is 0 Å². The maximum atomic E-state index is 13.0. The summed E-state index contributed by atoms with van der Waals surface area (Å²) in [6.07, 6.45) is 8.08. The SMILES string of the molecule is CC1(C)O[C@@H]2CO[C@H](O[C@H]3CC[C@]4(C=O)[C@H]5CC[C@]6(C)[C@@H](C7=CC(=O)OC7)CC[C@]6(O)[C@@H]5CC[C@]4(O)C3)C[C@H]2O1. The molecule has 2 N–H and O–H groups in total. The van der Waals surface area contributed by atoms with Crippen LogP contribution in [0.2, 0.25) is 0 Å². The predicted octanol–water partition coefficient (Wildman–Crippen LogP) is 3.19. The maximum absolute atomic E-state index is 13.0. The Hall–Kier alpha value is -1.36. The molecule has 6 fully saturated rings. The highest BCUT2D eigenvalue weighted by molar-refractivity contribution is 5.85. The number of cyclic esters (lactones) is 1. The van der Waals surface area contributed by atoms with Crippen LogP contribution in [0.4, 0.5) is 0 Å². The van der Waals surface area contributed by atoms with Gasteiger partial charge in [-0.1, -0.05) is 6.92 Å². The molecule has 0 radical (unpaired) electrons. The lowest BCUT2D eigenvalue weighted by Gasteiger charge is -2.65. The molecule has 40 heavy (non-hydrogen) atoms. The van der Waals surface area contributed by atoms with Crippen molar-refractivity contribution >= 4 is 12.3 Å². The number of hydrogen-bond donors (Lipinski definition) is 2. The first-order chi connectivity index (χ1) is 18.9. The third-order valence-electron chi connectivity index (χ3n) is 12.3. The molecule has 0 aromatic rings. The lowest BCUT2D eigenvalue weighted by molar-refractivity contribution is -0.270. The van der Waals surface area contributed by atoms with Gasteiger partial charge >= 0.3 is 5.97 Å². The van der Waals surface area contributed by atoms with Crippen molar-refractivity contribution in [2.45, 2.75) is 127 Å². The third-order valence-corrected chi connectivity index (χ3v) is 12.3. The number of rotatable bonds is 4. The number of esters is 1. The third kappa shape index (κ3) is 3.80. The molecular weight excluding hydrogens is 516 g/mol. The van der Waals surface area contributed by atoms with Crippen LogP contribution in [0, 0.1) is 28.6 Å². The number of hydrogen-bond acceptors (Lipinski definition) is 9. The summed E-state index contributed by atoms with van der Waals surface area (Å²) in [6, 6.07) is 0. The van der Waals surface area contributed by atoms with Crippen molar-refractivity contribution in [1.82, 2.24) is 0 Å². The van der Waals surface area contributed by atoms with Crippen molar-refractivity contribution in [3.05, 3.63) is 11.6 Å². The number of aliphatic hydroxyl groups is 2. The molecule has 2 saturated heterocycles. The topological polar surface area (TPSA) is 121 Å². The van der Waals surface area contributed by atoms with Crippen molar-refractivity contribution in [3.8, 4) is 0 Å². The minimum atomic E-state index is -1.18. The highest BCUT2D eigenvalue weighted by atomic mass is 16.8. The van der Waals surface area contributed by atoms with E-state index in [-0.39, 0.29) is 47.4 Å². The van der Waals surface area contributed by atoms with E-state index >= 15 is 0 Å². The molecule has 7 aliphatic rings. The summed E-state index contributed by atoms with van der Waals surface area (Å²) in [4.78, 5) is 24.9. The average Bonchev–Trinajstić information content (AvgIpc) is 3.54. The zero-order valence-electron chi connectivity index (χ0n) is 23.9. The molecule has 4 aliphatic carbocycles. The standard InChI is InChI=1S/C31H44O9/c1-27(2)39-23-13-26(37-16-24(23)40-27)38-19-4-9-29(17-32)21-5-8-28(3)20(18-12-25(33)36-15-18)7-11-31(28,35)22(21)6-10-30(29,34)14-19/h12,17,19-24,26,34-35H,4-11,13-16H2,1-3H3/t19-,20+,21-,22+,23+,24+,26+,28+,29-,30-,31-/m0/s1. The molecule has 0 unspecified atom stereocenters. The fourth-order valence-electron chi connectivity index (χ4n) is 10.5. The molecule has 9 heteroatoms. The van der Waals surface area contributed by atoms with Crippen LogP contribution in [-0.2, 0) is 33.3 Å². The van der Waals surface area contributed by atoms with Gasteiger partial charge in [0.05, 0.1) is 35.4 Å². The van der Waals surface area contributed by atoms with Crippen LogP contribution in [0.25, 0.3) is 0 Å². The van der Waals surface area contributed by atoms with Gasteiger partial charge in [-0.3, -0.25) is 0 Å². The summed E-state index contributed by atoms with van der Waals surface area (Å²) in [7, 11) is 0. The Kier molecular flexibility index (Phi) is 6.23. The second-order valence-corrected chi connectivity index (χ2v) is 14.5. The van der Waals surface area contributed by atoms with Crippen molar-refractivity contribution in [2.75, 3.05) is 13.2 Å². The Labute approximate surface area is 235 Å². The van der Waals surface area contributed by atoms with E-state index in [0.717, 1.165) is 31.1 Å². The molecule has 3 aliphatic heterocycles. The average molecular weight is 561 g/mol. The van der Waals surface area contributed by atoms with E-state index in [1.54, 1.807) is 6.08 Å². The maximum Gasteiger partial charge on any atom is 0.331 e. The zero-order chi connectivity index (χ0) is 28.1. The lowest BCUT2D eigenvalue weighted by Crippen LogP contribution is -2.69. The minimum absolute atomic E-state index is 0.0701. The van der Waals surface area contributed by atoms with Crippen molar-refractivity contribution < 1.29 is 43.5 Å². The number of carbonyl (C=O) groups excluding carboxylic acids is 2. The number of aldehydes is 1. The largest absolute Gasteiger partial charge is 0.458 e. The molecule has 0 amide bonds. The highest BCUT2D eigenvalue weighted by Gasteiger charge is 2.71. The van der Waals surface area contributed by atoms with Gasteiger partial charge in [0, 0.05) is 24.3 Å². The second-order valence-electron chi connectivity index (χ2n) is 14.5. The Bertz CT molecular complexity index is 1100. The first kappa shape index (κ1) is 27.5. The Morgan fingerprint density at radius 2 is 1.75 bits per heavy atom. The second kappa shape index (κ2) is 9.07. The first-order valence-corrected chi connectivity index (χ1v) is 15.3. The highest BCUT2D eigenvalue weighted by Crippen LogP contribution is 2.70. The summed E-state index contributed by atoms with van der Waals surface area (Å²) in [6.45, 7) is 6.70. The summed E-state index contributed by atoms with van der Waals surface area (Å²) in [5.74, 6) is -0.990. The molecule has 0 spiro atoms. The van der Waals surface area contributed by atoms with E-state index in [1.807, 2.05) is 13.8 Å². The summed E-state index contributed by atoms with van der Waals surface area (Å²) < 4.78 is 29.6. The first-order valence-electron chi connectivity index (χ1n) is 15.3. The van der Waals surface area contributed by atoms with Gasteiger partial charge in [-0.05, 0) is 88.5 Å². The molecule has 9 nitrogen and oxygen atoms in total. The monoisotopic (exact) mass is 560 g/mol. The lowest BCUT2D eigenvalue weighted by atomic mass is 9.41. The molecule has 0 aromatic carbocycles. The number of carbonyl (C=O) groups is 2. The number of ether oxygens (including phenoxy) is 5. The van der Waals surface area contributed by atoms with Crippen LogP contribution in [0.1, 0.15) is 85.0 Å². The van der Waals surface area contributed by atoms with E-state index in [4.69, 9.17) is 23.7 Å². The van der Waals surface area contributed by atoms with Gasteiger partial charge in [-0.2, -0.15) is 0 Å². The van der Waals surface area contributed by atoms with E-state index in [9.17, 15) is 19.8 Å². The van der Waals surface area contributed by atoms with Crippen LogP contribution in [0.5, 0.6) is 0 Å². The van der Waals surface area contributed by atoms with Gasteiger partial charge in [0.2, 0.25) is 0 Å². The van der Waals surface area contributed by atoms with E-state index < -0.39 is 28.7 Å². The zero-order valence-corrected chi connectivity index (χ0v) is 23.9. The smallest absolute Gasteiger partial charge is 0.331 e. The minimum Gasteiger partial charge on any atom is -0.458 e. The van der Waals surface area contributed by atoms with Crippen LogP contribution in [0.15, 0.2) is 11.6 Å². The van der Waals surface area contributed by atoms with Crippen molar-refractivity contribution in [3.63, 3.8) is 0 Å². The van der Waals surface area contributed by atoms with Gasteiger partial charge in [-0.15, -0.1) is 0 Å². The summed E-state index contributed by atoms with van der Waals surface area (Å²) in [5.41, 5.74) is -2.42. The summed E-state index contributed by atoms with van der Waals surface area (Å²) >= 11 is 0. The quantitative estimate of drug-likeness (QED) is 0.303. The molecule has 3 heterocycles. The van der Waals surface area contributed by atoms with E-state index in [0.29, 0.717) is 58.2 Å². The van der Waals surface area contributed by atoms with Gasteiger partial charge < -0.3 is 38.7 Å². The normalized spacial score (nSPS) is 53.1. The van der Waals surface area contributed by atoms with Crippen LogP contribution >= 0.6 is 0 Å². The predicted molar refractivity (Wildman–Crippen MR) is 141 cm³/mol. The van der Waals surface area contributed by atoms with E-state index in [1.165, 1.54) is 0 Å². The number of fused-ring (bicyclic) bond motifs is 6.